The van der Waals surface area contributed by atoms with Gasteiger partial charge >= 0.3 is 0 Å². The van der Waals surface area contributed by atoms with Crippen LogP contribution in [0.5, 0.6) is 5.88 Å². The molecule has 3 N–H and O–H groups in total. The van der Waals surface area contributed by atoms with Crippen LogP contribution in [0.25, 0.3) is 0 Å². The summed E-state index contributed by atoms with van der Waals surface area (Å²) < 4.78 is 10.8. The molecule has 0 fully saturated rings. The summed E-state index contributed by atoms with van der Waals surface area (Å²) in [5.74, 6) is 6.99. The molecule has 6 heteroatoms. The lowest BCUT2D eigenvalue weighted by atomic mass is 10.3. The van der Waals surface area contributed by atoms with Gasteiger partial charge in [-0.15, -0.1) is 0 Å². The molecule has 0 bridgehead atoms. The van der Waals surface area contributed by atoms with E-state index in [-0.39, 0.29) is 0 Å². The quantitative estimate of drug-likeness (QED) is 0.398. The monoisotopic (exact) mass is 254 g/mol. The molecule has 0 spiro atoms. The second-order valence-corrected chi connectivity index (χ2v) is 3.84. The third-order valence-corrected chi connectivity index (χ3v) is 2.33. The number of unbranched alkanes of at least 4 members (excludes halogenated alkanes) is 2. The van der Waals surface area contributed by atoms with Crippen molar-refractivity contribution >= 4 is 5.82 Å². The Morgan fingerprint density at radius 1 is 1.28 bits per heavy atom. The predicted octanol–water partition coefficient (Wildman–Crippen LogP) is 1.87. The van der Waals surface area contributed by atoms with Gasteiger partial charge in [0.1, 0.15) is 12.4 Å². The molecule has 0 aliphatic heterocycles. The Hall–Kier alpha value is -1.40. The highest BCUT2D eigenvalue weighted by Gasteiger charge is 2.05. The average Bonchev–Trinajstić information content (AvgIpc) is 2.41. The molecule has 1 aromatic heterocycles. The van der Waals surface area contributed by atoms with E-state index in [9.17, 15) is 0 Å². The van der Waals surface area contributed by atoms with Gasteiger partial charge in [-0.2, -0.15) is 4.98 Å². The van der Waals surface area contributed by atoms with Gasteiger partial charge in [-0.05, 0) is 13.3 Å². The molecule has 102 valence electrons. The highest BCUT2D eigenvalue weighted by molar-refractivity contribution is 5.36. The standard InChI is InChI=1S/C12H22N4O2/c1-3-5-6-7-18-12-8-10(16-13)14-11(15-12)9-17-4-2/h8H,3-7,9,13H2,1-2H3,(H,14,15,16). The van der Waals surface area contributed by atoms with Crippen molar-refractivity contribution < 1.29 is 9.47 Å². The lowest BCUT2D eigenvalue weighted by molar-refractivity contribution is 0.127. The normalized spacial score (nSPS) is 10.4. The highest BCUT2D eigenvalue weighted by Crippen LogP contribution is 2.14. The van der Waals surface area contributed by atoms with E-state index in [0.717, 1.165) is 12.8 Å². The molecule has 0 amide bonds. The molecular formula is C12H22N4O2. The summed E-state index contributed by atoms with van der Waals surface area (Å²) in [5, 5.41) is 0. The van der Waals surface area contributed by atoms with Crippen molar-refractivity contribution in [2.45, 2.75) is 39.7 Å². The zero-order chi connectivity index (χ0) is 13.2. The third-order valence-electron chi connectivity index (χ3n) is 2.33. The maximum atomic E-state index is 5.57. The van der Waals surface area contributed by atoms with Gasteiger partial charge in [0.2, 0.25) is 5.88 Å². The maximum Gasteiger partial charge on any atom is 0.218 e. The molecule has 1 rings (SSSR count). The minimum absolute atomic E-state index is 0.358. The number of nitrogens with one attached hydrogen (secondary N) is 1. The molecule has 6 nitrogen and oxygen atoms in total. The number of aromatic nitrogens is 2. The van der Waals surface area contributed by atoms with Crippen molar-refractivity contribution in [3.05, 3.63) is 11.9 Å². The van der Waals surface area contributed by atoms with Crippen LogP contribution in [0.3, 0.4) is 0 Å². The van der Waals surface area contributed by atoms with Crippen LogP contribution in [0.15, 0.2) is 6.07 Å². The fourth-order valence-corrected chi connectivity index (χ4v) is 1.41. The van der Waals surface area contributed by atoms with Gasteiger partial charge in [-0.25, -0.2) is 10.8 Å². The summed E-state index contributed by atoms with van der Waals surface area (Å²) in [6, 6.07) is 1.68. The van der Waals surface area contributed by atoms with E-state index in [2.05, 4.69) is 22.3 Å². The van der Waals surface area contributed by atoms with Gasteiger partial charge in [0.25, 0.3) is 0 Å². The zero-order valence-electron chi connectivity index (χ0n) is 11.1. The molecule has 18 heavy (non-hydrogen) atoms. The Labute approximate surface area is 108 Å². The fraction of sp³-hybridized carbons (Fsp3) is 0.667. The van der Waals surface area contributed by atoms with Crippen molar-refractivity contribution in [3.63, 3.8) is 0 Å². The minimum Gasteiger partial charge on any atom is -0.478 e. The van der Waals surface area contributed by atoms with Crippen LogP contribution in [0.4, 0.5) is 5.82 Å². The van der Waals surface area contributed by atoms with E-state index in [1.807, 2.05) is 6.92 Å². The fourth-order valence-electron chi connectivity index (χ4n) is 1.41. The second kappa shape index (κ2) is 8.66. The zero-order valence-corrected chi connectivity index (χ0v) is 11.1. The highest BCUT2D eigenvalue weighted by atomic mass is 16.5. The molecule has 0 radical (unpaired) electrons. The third kappa shape index (κ3) is 5.29. The molecule has 0 unspecified atom stereocenters. The Balaban J connectivity index is 2.58. The molecule has 0 atom stereocenters. The average molecular weight is 254 g/mol. The number of nitrogens with two attached hydrogens (primary N) is 1. The first kappa shape index (κ1) is 14.7. The van der Waals surface area contributed by atoms with Crippen LogP contribution < -0.4 is 16.0 Å². The van der Waals surface area contributed by atoms with Crippen LogP contribution in [-0.4, -0.2) is 23.2 Å². The molecule has 1 aromatic rings. The van der Waals surface area contributed by atoms with Crippen molar-refractivity contribution in [2.24, 2.45) is 5.84 Å². The van der Waals surface area contributed by atoms with Gasteiger partial charge in [0.15, 0.2) is 5.82 Å². The summed E-state index contributed by atoms with van der Waals surface area (Å²) in [6.45, 7) is 5.71. The summed E-state index contributed by atoms with van der Waals surface area (Å²) in [7, 11) is 0. The van der Waals surface area contributed by atoms with Crippen LogP contribution in [0.2, 0.25) is 0 Å². The second-order valence-electron chi connectivity index (χ2n) is 3.84. The first-order valence-electron chi connectivity index (χ1n) is 6.35. The van der Waals surface area contributed by atoms with Crippen molar-refractivity contribution in [2.75, 3.05) is 18.6 Å². The molecule has 0 saturated heterocycles. The van der Waals surface area contributed by atoms with Crippen LogP contribution in [0, 0.1) is 0 Å². The van der Waals surface area contributed by atoms with Gasteiger partial charge in [-0.3, -0.25) is 0 Å². The Morgan fingerprint density at radius 2 is 2.11 bits per heavy atom. The number of nitrogens with zero attached hydrogens (tertiary/aromatic N) is 2. The number of hydrogen-bond donors (Lipinski definition) is 2. The SMILES string of the molecule is CCCCCOc1cc(NN)nc(COCC)n1. The van der Waals surface area contributed by atoms with Crippen LogP contribution >= 0.6 is 0 Å². The van der Waals surface area contributed by atoms with Gasteiger partial charge < -0.3 is 14.9 Å². The lowest BCUT2D eigenvalue weighted by Gasteiger charge is -2.09. The number of rotatable bonds is 9. The number of ether oxygens (including phenoxy) is 2. The van der Waals surface area contributed by atoms with Gasteiger partial charge in [0, 0.05) is 12.7 Å². The number of hydrazine groups is 1. The largest absolute Gasteiger partial charge is 0.478 e. The van der Waals surface area contributed by atoms with E-state index in [1.54, 1.807) is 6.07 Å². The lowest BCUT2D eigenvalue weighted by Crippen LogP contribution is -2.12. The molecule has 0 aliphatic rings. The summed E-state index contributed by atoms with van der Waals surface area (Å²) >= 11 is 0. The van der Waals surface area contributed by atoms with E-state index in [0.29, 0.717) is 37.3 Å². The summed E-state index contributed by atoms with van der Waals surface area (Å²) in [6.07, 6.45) is 3.34. The predicted molar refractivity (Wildman–Crippen MR) is 70.2 cm³/mol. The Kier molecular flexibility index (Phi) is 7.05. The van der Waals surface area contributed by atoms with Crippen LogP contribution in [0.1, 0.15) is 38.9 Å². The number of hydrogen-bond acceptors (Lipinski definition) is 6. The van der Waals surface area contributed by atoms with E-state index >= 15 is 0 Å². The van der Waals surface area contributed by atoms with E-state index in [4.69, 9.17) is 15.3 Å². The van der Waals surface area contributed by atoms with Crippen molar-refractivity contribution in [1.29, 1.82) is 0 Å². The molecular weight excluding hydrogens is 232 g/mol. The van der Waals surface area contributed by atoms with Gasteiger partial charge in [0.05, 0.1) is 6.61 Å². The number of anilines is 1. The topological polar surface area (TPSA) is 82.3 Å². The van der Waals surface area contributed by atoms with Crippen molar-refractivity contribution in [3.8, 4) is 5.88 Å². The Bertz CT molecular complexity index is 347. The van der Waals surface area contributed by atoms with Crippen LogP contribution in [-0.2, 0) is 11.3 Å². The van der Waals surface area contributed by atoms with E-state index in [1.165, 1.54) is 6.42 Å². The summed E-state index contributed by atoms with van der Waals surface area (Å²) in [5.41, 5.74) is 2.50. The first-order chi connectivity index (χ1) is 8.80. The summed E-state index contributed by atoms with van der Waals surface area (Å²) in [4.78, 5) is 8.44. The van der Waals surface area contributed by atoms with E-state index < -0.39 is 0 Å². The maximum absolute atomic E-state index is 5.57. The molecule has 0 aliphatic carbocycles. The molecule has 1 heterocycles. The Morgan fingerprint density at radius 3 is 2.78 bits per heavy atom. The number of nitrogen functional groups attached to an aromatic ring is 1. The first-order valence-corrected chi connectivity index (χ1v) is 6.35. The van der Waals surface area contributed by atoms with Crippen molar-refractivity contribution in [1.82, 2.24) is 9.97 Å². The molecule has 0 saturated carbocycles. The van der Waals surface area contributed by atoms with Gasteiger partial charge in [-0.1, -0.05) is 19.8 Å². The molecule has 0 aromatic carbocycles. The smallest absolute Gasteiger partial charge is 0.218 e. The minimum atomic E-state index is 0.358.